The number of thiazole rings is 1. The number of halogens is 1. The van der Waals surface area contributed by atoms with Gasteiger partial charge < -0.3 is 59.1 Å². The van der Waals surface area contributed by atoms with Gasteiger partial charge >= 0.3 is 151 Å². The minimum Gasteiger partial charge on any atom is -0.744 e. The Balaban J connectivity index is 0.000000467. The number of nitriles is 3. The number of aromatic nitrogens is 3. The topological polar surface area (TPSA) is 683 Å². The van der Waals surface area contributed by atoms with Crippen LogP contribution < -0.4 is 183 Å². The quantitative estimate of drug-likeness (QED) is 0.00812. The number of anilines is 8. The fourth-order valence-electron chi connectivity index (χ4n) is 12.3. The van der Waals surface area contributed by atoms with Gasteiger partial charge in [0.25, 0.3) is 0 Å². The Morgan fingerprint density at radius 2 is 0.707 bits per heavy atom. The van der Waals surface area contributed by atoms with E-state index in [0.717, 1.165) is 88.9 Å². The van der Waals surface area contributed by atoms with Crippen LogP contribution >= 0.6 is 58.4 Å². The predicted octanol–water partition coefficient (Wildman–Crippen LogP) is -6.93. The second kappa shape index (κ2) is 52.3. The Morgan fingerprint density at radius 1 is 0.364 bits per heavy atom. The Morgan fingerprint density at radius 3 is 1.06 bits per heavy atom. The zero-order valence-corrected chi connectivity index (χ0v) is 83.1. The van der Waals surface area contributed by atoms with Crippen LogP contribution in [0.5, 0.6) is 0 Å². The van der Waals surface area contributed by atoms with Crippen LogP contribution in [0.25, 0.3) is 43.9 Å². The van der Waals surface area contributed by atoms with Crippen LogP contribution in [-0.4, -0.2) is 92.8 Å². The maximum Gasteiger partial charge on any atom is 1.00 e. The number of benzene rings is 10. The molecule has 140 heavy (non-hydrogen) atoms. The van der Waals surface area contributed by atoms with Crippen molar-refractivity contribution in [2.24, 2.45) is 40.9 Å². The van der Waals surface area contributed by atoms with Crippen molar-refractivity contribution in [3.05, 3.63) is 245 Å². The molecule has 4 heterocycles. The first-order chi connectivity index (χ1) is 62.6. The van der Waals surface area contributed by atoms with E-state index >= 15 is 0 Å². The van der Waals surface area contributed by atoms with E-state index in [-0.39, 0.29) is 310 Å². The molecule has 0 aliphatic rings. The van der Waals surface area contributed by atoms with Gasteiger partial charge in [-0.3, -0.25) is 10.1 Å². The van der Waals surface area contributed by atoms with Crippen LogP contribution in [-0.2, 0) is 79.5 Å². The van der Waals surface area contributed by atoms with Crippen molar-refractivity contribution >= 4 is 230 Å². The Kier molecular flexibility index (Phi) is 45.5. The second-order valence-corrected chi connectivity index (χ2v) is 38.9. The van der Waals surface area contributed by atoms with Crippen LogP contribution in [0.3, 0.4) is 0 Å². The van der Waals surface area contributed by atoms with Gasteiger partial charge in [-0.1, -0.05) is 101 Å². The Bertz CT molecular complexity index is 7980. The maximum atomic E-state index is 12.2. The molecule has 14 rings (SSSR count). The zero-order valence-electron chi connectivity index (χ0n) is 74.1. The Labute approximate surface area is 915 Å². The molecule has 0 saturated heterocycles. The largest absolute Gasteiger partial charge is 1.00 e. The minimum atomic E-state index is -5.00. The molecule has 0 atom stereocenters. The van der Waals surface area contributed by atoms with E-state index in [1.165, 1.54) is 111 Å². The minimum absolute atomic E-state index is 0. The van der Waals surface area contributed by atoms with Crippen molar-refractivity contribution in [1.82, 2.24) is 15.0 Å². The third-order valence-electron chi connectivity index (χ3n) is 18.4. The third-order valence-corrected chi connectivity index (χ3v) is 26.9. The van der Waals surface area contributed by atoms with Gasteiger partial charge in [-0.05, 0) is 183 Å². The summed E-state index contributed by atoms with van der Waals surface area (Å²) in [5, 5.41) is 107. The summed E-state index contributed by atoms with van der Waals surface area (Å²) in [5.41, 5.74) is 3.51. The van der Waals surface area contributed by atoms with Crippen molar-refractivity contribution in [2.75, 3.05) is 21.3 Å². The first kappa shape index (κ1) is 122. The van der Waals surface area contributed by atoms with Gasteiger partial charge in [-0.25, -0.2) is 65.5 Å². The first-order valence-corrected chi connectivity index (χ1v) is 48.2. The van der Waals surface area contributed by atoms with Gasteiger partial charge in [0.15, 0.2) is 33.3 Å². The van der Waals surface area contributed by atoms with Crippen molar-refractivity contribution in [2.45, 2.75) is 59.9 Å². The van der Waals surface area contributed by atoms with E-state index in [1.54, 1.807) is 48.5 Å². The average Bonchev–Trinajstić information content (AvgIpc) is 0.919. The molecule has 0 amide bonds. The van der Waals surface area contributed by atoms with Gasteiger partial charge in [0.05, 0.1) is 76.0 Å². The van der Waals surface area contributed by atoms with E-state index < -0.39 is 90.1 Å². The molecule has 672 valence electrons. The van der Waals surface area contributed by atoms with Crippen LogP contribution in [0.2, 0.25) is 5.02 Å². The predicted molar refractivity (Wildman–Crippen MR) is 466 cm³/mol. The molecule has 0 fully saturated rings. The van der Waals surface area contributed by atoms with Crippen molar-refractivity contribution < 1.29 is 258 Å². The van der Waals surface area contributed by atoms with Gasteiger partial charge in [0, 0.05) is 70.6 Å². The molecule has 0 radical (unpaired) electrons. The molecule has 4 aromatic heterocycles. The molecule has 4 N–H and O–H groups in total. The second-order valence-electron chi connectivity index (χ2n) is 26.8. The number of fused-ring (bicyclic) bond motifs is 2. The van der Waals surface area contributed by atoms with Crippen LogP contribution in [0.15, 0.2) is 286 Å². The number of nitrogens with zero attached hydrogens (tertiary/aromatic N) is 14. The van der Waals surface area contributed by atoms with Crippen molar-refractivity contribution in [1.29, 1.82) is 15.8 Å². The molecule has 0 aliphatic heterocycles. The van der Waals surface area contributed by atoms with Crippen LogP contribution in [0.4, 0.5) is 88.9 Å². The molecular weight excluding hydrogens is 2000 g/mol. The van der Waals surface area contributed by atoms with Crippen molar-refractivity contribution in [3.8, 4) is 40.6 Å². The summed E-state index contributed by atoms with van der Waals surface area (Å²) >= 11 is 8.78. The summed E-state index contributed by atoms with van der Waals surface area (Å²) < 4.78 is 221. The van der Waals surface area contributed by atoms with E-state index in [9.17, 15) is 104 Å². The van der Waals surface area contributed by atoms with Crippen molar-refractivity contribution in [3.63, 3.8) is 0 Å². The normalized spacial score (nSPS) is 11.5. The van der Waals surface area contributed by atoms with E-state index in [4.69, 9.17) is 11.6 Å². The first-order valence-electron chi connectivity index (χ1n) is 36.2. The summed E-state index contributed by atoms with van der Waals surface area (Å²) in [7, 11) is -29.1. The zero-order chi connectivity index (χ0) is 94.9. The molecule has 42 nitrogen and oxygen atoms in total. The van der Waals surface area contributed by atoms with Gasteiger partial charge in [0.2, 0.25) is 5.13 Å². The fraction of sp³-hybridized carbons (Fsp3) is 0.0380. The molecule has 61 heteroatoms. The Hall–Kier alpha value is -8.59. The number of aryl methyl sites for hydroxylation is 1. The van der Waals surface area contributed by atoms with Crippen LogP contribution in [0.1, 0.15) is 33.4 Å². The smallest absolute Gasteiger partial charge is 0.744 e. The number of hydrogen-bond acceptors (Lipinski definition) is 46. The number of thiophene rings is 1. The molecule has 10 aromatic carbocycles. The molecule has 14 aromatic rings. The van der Waals surface area contributed by atoms with Gasteiger partial charge in [-0.15, -0.1) is 40.9 Å². The monoisotopic (exact) mass is 2040 g/mol. The third kappa shape index (κ3) is 30.3. The van der Waals surface area contributed by atoms with E-state index in [0.29, 0.717) is 40.2 Å². The standard InChI is InChI=1S/C41H29N9O12S5.C38H26ClN9O12S5.8Li/c1-22-6-8-24(9-7-22)36-33(21-43)40(63-41(36)50-47-27-18-31-30(34(19-27)64-62-61-51)4-3-5-35(31)67(58,59)60)49-48-37-23(2)32(20-42)38(44-25-10-14-28(15-11-25)65(52,53)54)46-39(37)45-26-12-16-29(17-13-26)66(55,56)57;1-20-30(19-40)35(41-23-9-13-26(14-10-23)63(50,51)52)44-36(42-24-11-15-27(16-12-24)64(53,54)55)33(20)46-48-38-43-34(21-5-7-22(39)8-6-21)37(61-38)47-45-25-17-29-28(31(18-25)62-60-59-49)3-2-4-32(29)65(56,57)58;;;;;;;;/h3-19,51H,1-2H3,(H2,44,45,46)(H,52,53,54)(H,55,56,57)(H,58,59,60);2-18,49H,1H3,(H2,41,42,44)(H,50,51,52)(H,53,54,55)(H,56,57,58);;;;;;;;/q;;8*+1/p-8. The van der Waals surface area contributed by atoms with E-state index in [2.05, 4.69) is 102 Å². The molecule has 0 spiro atoms. The SMILES string of the molecule is Cc1c(C#N)c(Nc2ccc(S(=O)(=O)[O-])cc2)nc(Nc2ccc(S(=O)(=O)[O-])cc2)c1N=Nc1nc(-c2ccc(Cl)cc2)c(N=Nc2cc(SOO[O-])c3cccc(S(=O)(=O)[O-])c3c2)s1.Cc1ccc(-c2c(N=Nc3cc(SOO[O-])c4cccc(S(=O)(=O)[O-])c4c3)sc(N=Nc3c(Nc4ccc(S(=O)(=O)[O-])cc4)nc(Nc4ccc(S(=O)(=O)[O-])cc4)c(C#N)c3C)c2C#N)cc1.[Li+].[Li+].[Li+].[Li+].[Li+].[Li+].[Li+].[Li+]. The number of pyridine rings is 2. The summed E-state index contributed by atoms with van der Waals surface area (Å²) in [6.07, 6.45) is 0. The molecule has 0 aliphatic carbocycles. The summed E-state index contributed by atoms with van der Waals surface area (Å²) in [6, 6.07) is 51.7. The fourth-order valence-corrected chi connectivity index (χ4v) is 18.4. The molecular formula is C79H47ClLi8N18O24S10. The summed E-state index contributed by atoms with van der Waals surface area (Å²) in [5.74, 6) is -0.246. The van der Waals surface area contributed by atoms with Gasteiger partial charge in [0.1, 0.15) is 107 Å². The van der Waals surface area contributed by atoms with Gasteiger partial charge in [-0.2, -0.15) is 24.5 Å². The average molecular weight is 2040 g/mol. The van der Waals surface area contributed by atoms with Crippen LogP contribution in [0, 0.1) is 54.8 Å². The molecule has 0 saturated carbocycles. The van der Waals surface area contributed by atoms with E-state index in [1.807, 2.05) is 19.1 Å². The number of hydrogen-bond donors (Lipinski definition) is 4. The molecule has 0 unspecified atom stereocenters. The molecule has 0 bridgehead atoms. The maximum absolute atomic E-state index is 12.2. The summed E-state index contributed by atoms with van der Waals surface area (Å²) in [6.45, 7) is 4.89. The number of azo groups is 4. The number of rotatable bonds is 30. The number of nitrogens with one attached hydrogen (secondary N) is 4. The summed E-state index contributed by atoms with van der Waals surface area (Å²) in [4.78, 5) is 10.8.